The van der Waals surface area contributed by atoms with Crippen molar-refractivity contribution in [2.24, 2.45) is 5.41 Å². The van der Waals surface area contributed by atoms with Crippen LogP contribution in [0, 0.1) is 5.41 Å². The second kappa shape index (κ2) is 5.87. The molecule has 0 spiro atoms. The first-order valence-electron chi connectivity index (χ1n) is 5.89. The van der Waals surface area contributed by atoms with Crippen molar-refractivity contribution in [3.05, 3.63) is 23.5 Å². The topological polar surface area (TPSA) is 54.1 Å². The lowest BCUT2D eigenvalue weighted by atomic mass is 9.92. The molecular formula is C13H22N2O2. The molecule has 0 aliphatic heterocycles. The highest BCUT2D eigenvalue weighted by molar-refractivity contribution is 5.87. The first kappa shape index (κ1) is 13.8. The van der Waals surface area contributed by atoms with Gasteiger partial charge in [-0.1, -0.05) is 20.8 Å². The molecule has 17 heavy (non-hydrogen) atoms. The highest BCUT2D eigenvalue weighted by Gasteiger charge is 2.10. The Bertz CT molecular complexity index is 364. The molecule has 1 aromatic heterocycles. The first-order valence-corrected chi connectivity index (χ1v) is 5.89. The number of carbonyl (C=O) groups excluding carboxylic acids is 1. The van der Waals surface area contributed by atoms with Gasteiger partial charge in [-0.3, -0.25) is 0 Å². The van der Waals surface area contributed by atoms with Crippen molar-refractivity contribution in [3.63, 3.8) is 0 Å². The standard InChI is InChI=1S/C13H22N2O2/c1-13(2,3)7-8-14-9-10-5-6-11(15-10)12(16)17-4/h5-6,14-15H,7-9H2,1-4H3. The van der Waals surface area contributed by atoms with E-state index < -0.39 is 0 Å². The summed E-state index contributed by atoms with van der Waals surface area (Å²) in [4.78, 5) is 14.2. The summed E-state index contributed by atoms with van der Waals surface area (Å²) in [5, 5.41) is 3.35. The molecule has 0 aromatic carbocycles. The van der Waals surface area contributed by atoms with Gasteiger partial charge >= 0.3 is 5.97 Å². The third kappa shape index (κ3) is 5.04. The van der Waals surface area contributed by atoms with Crippen molar-refractivity contribution in [2.45, 2.75) is 33.7 Å². The van der Waals surface area contributed by atoms with E-state index in [4.69, 9.17) is 0 Å². The molecule has 4 nitrogen and oxygen atoms in total. The number of nitrogens with one attached hydrogen (secondary N) is 2. The zero-order chi connectivity index (χ0) is 12.9. The molecule has 0 bridgehead atoms. The Balaban J connectivity index is 2.33. The molecule has 0 radical (unpaired) electrons. The number of ether oxygens (including phenoxy) is 1. The van der Waals surface area contributed by atoms with E-state index in [-0.39, 0.29) is 5.97 Å². The zero-order valence-corrected chi connectivity index (χ0v) is 11.1. The number of carbonyl (C=O) groups is 1. The molecule has 0 fully saturated rings. The molecule has 1 aromatic rings. The third-order valence-electron chi connectivity index (χ3n) is 2.52. The lowest BCUT2D eigenvalue weighted by Gasteiger charge is -2.17. The lowest BCUT2D eigenvalue weighted by molar-refractivity contribution is 0.0594. The third-order valence-corrected chi connectivity index (χ3v) is 2.52. The van der Waals surface area contributed by atoms with E-state index in [2.05, 4.69) is 35.8 Å². The van der Waals surface area contributed by atoms with Crippen molar-refractivity contribution in [2.75, 3.05) is 13.7 Å². The molecule has 0 aliphatic rings. The van der Waals surface area contributed by atoms with Crippen LogP contribution in [0.15, 0.2) is 12.1 Å². The fraction of sp³-hybridized carbons (Fsp3) is 0.615. The van der Waals surface area contributed by atoms with E-state index in [0.717, 1.165) is 25.2 Å². The maximum absolute atomic E-state index is 11.2. The first-order chi connectivity index (χ1) is 7.92. The molecular weight excluding hydrogens is 216 g/mol. The van der Waals surface area contributed by atoms with Gasteiger partial charge in [-0.05, 0) is 30.5 Å². The van der Waals surface area contributed by atoms with E-state index in [1.807, 2.05) is 6.07 Å². The van der Waals surface area contributed by atoms with Crippen LogP contribution in [-0.2, 0) is 11.3 Å². The largest absolute Gasteiger partial charge is 0.464 e. The number of rotatable bonds is 5. The zero-order valence-electron chi connectivity index (χ0n) is 11.1. The van der Waals surface area contributed by atoms with E-state index in [9.17, 15) is 4.79 Å². The van der Waals surface area contributed by atoms with Crippen LogP contribution in [-0.4, -0.2) is 24.6 Å². The van der Waals surface area contributed by atoms with Crippen LogP contribution in [0.25, 0.3) is 0 Å². The smallest absolute Gasteiger partial charge is 0.354 e. The monoisotopic (exact) mass is 238 g/mol. The Kier molecular flexibility index (Phi) is 4.75. The van der Waals surface area contributed by atoms with Gasteiger partial charge in [0.1, 0.15) is 5.69 Å². The molecule has 1 rings (SSSR count). The molecule has 0 amide bonds. The van der Waals surface area contributed by atoms with Gasteiger partial charge in [-0.2, -0.15) is 0 Å². The maximum atomic E-state index is 11.2. The highest BCUT2D eigenvalue weighted by atomic mass is 16.5. The van der Waals surface area contributed by atoms with E-state index >= 15 is 0 Å². The highest BCUT2D eigenvalue weighted by Crippen LogP contribution is 2.17. The predicted octanol–water partition coefficient (Wildman–Crippen LogP) is 2.33. The summed E-state index contributed by atoms with van der Waals surface area (Å²) >= 11 is 0. The number of aromatic nitrogens is 1. The van der Waals surface area contributed by atoms with Crippen LogP contribution in [0.4, 0.5) is 0 Å². The van der Waals surface area contributed by atoms with Gasteiger partial charge in [0.2, 0.25) is 0 Å². The number of esters is 1. The molecule has 0 atom stereocenters. The van der Waals surface area contributed by atoms with Gasteiger partial charge in [0.05, 0.1) is 7.11 Å². The minimum absolute atomic E-state index is 0.328. The van der Waals surface area contributed by atoms with Crippen LogP contribution in [0.2, 0.25) is 0 Å². The molecule has 0 unspecified atom stereocenters. The maximum Gasteiger partial charge on any atom is 0.354 e. The molecule has 4 heteroatoms. The van der Waals surface area contributed by atoms with Crippen molar-refractivity contribution in [3.8, 4) is 0 Å². The number of aromatic amines is 1. The normalized spacial score (nSPS) is 11.5. The van der Waals surface area contributed by atoms with E-state index in [1.54, 1.807) is 6.07 Å². The minimum Gasteiger partial charge on any atom is -0.464 e. The fourth-order valence-corrected chi connectivity index (χ4v) is 1.46. The fourth-order valence-electron chi connectivity index (χ4n) is 1.46. The summed E-state index contributed by atoms with van der Waals surface area (Å²) in [5.74, 6) is -0.328. The predicted molar refractivity (Wildman–Crippen MR) is 67.9 cm³/mol. The van der Waals surface area contributed by atoms with Gasteiger partial charge in [0, 0.05) is 12.2 Å². The van der Waals surface area contributed by atoms with Gasteiger partial charge in [0.25, 0.3) is 0 Å². The second-order valence-corrected chi connectivity index (χ2v) is 5.38. The quantitative estimate of drug-likeness (QED) is 0.611. The van der Waals surface area contributed by atoms with Gasteiger partial charge < -0.3 is 15.0 Å². The molecule has 96 valence electrons. The Hall–Kier alpha value is -1.29. The van der Waals surface area contributed by atoms with Crippen molar-refractivity contribution in [1.29, 1.82) is 0 Å². The minimum atomic E-state index is -0.328. The van der Waals surface area contributed by atoms with Crippen molar-refractivity contribution >= 4 is 5.97 Å². The Morgan fingerprint density at radius 1 is 1.41 bits per heavy atom. The average molecular weight is 238 g/mol. The van der Waals surface area contributed by atoms with Crippen LogP contribution in [0.3, 0.4) is 0 Å². The summed E-state index contributed by atoms with van der Waals surface area (Å²) in [7, 11) is 1.38. The summed E-state index contributed by atoms with van der Waals surface area (Å²) in [5.41, 5.74) is 1.85. The van der Waals surface area contributed by atoms with Crippen LogP contribution in [0.1, 0.15) is 43.4 Å². The number of methoxy groups -OCH3 is 1. The molecule has 1 heterocycles. The molecule has 0 saturated carbocycles. The van der Waals surface area contributed by atoms with Gasteiger partial charge in [-0.15, -0.1) is 0 Å². The van der Waals surface area contributed by atoms with E-state index in [1.165, 1.54) is 7.11 Å². The van der Waals surface area contributed by atoms with Crippen LogP contribution in [0.5, 0.6) is 0 Å². The summed E-state index contributed by atoms with van der Waals surface area (Å²) in [6.07, 6.45) is 1.12. The molecule has 2 N–H and O–H groups in total. The number of H-pyrrole nitrogens is 1. The van der Waals surface area contributed by atoms with Crippen LogP contribution < -0.4 is 5.32 Å². The Morgan fingerprint density at radius 2 is 2.12 bits per heavy atom. The van der Waals surface area contributed by atoms with Crippen molar-refractivity contribution < 1.29 is 9.53 Å². The lowest BCUT2D eigenvalue weighted by Crippen LogP contribution is -2.20. The summed E-state index contributed by atoms with van der Waals surface area (Å²) in [6.45, 7) is 8.37. The van der Waals surface area contributed by atoms with Gasteiger partial charge in [0.15, 0.2) is 0 Å². The molecule has 0 saturated heterocycles. The Morgan fingerprint density at radius 3 is 2.71 bits per heavy atom. The summed E-state index contributed by atoms with van der Waals surface area (Å²) in [6, 6.07) is 3.64. The average Bonchev–Trinajstić information content (AvgIpc) is 2.70. The molecule has 0 aliphatic carbocycles. The summed E-state index contributed by atoms with van der Waals surface area (Å²) < 4.78 is 4.63. The second-order valence-electron chi connectivity index (χ2n) is 5.38. The number of hydrogen-bond acceptors (Lipinski definition) is 3. The van der Waals surface area contributed by atoms with Crippen molar-refractivity contribution in [1.82, 2.24) is 10.3 Å². The Labute approximate surface area is 103 Å². The SMILES string of the molecule is COC(=O)c1ccc(CNCCC(C)(C)C)[nH]1. The number of hydrogen-bond donors (Lipinski definition) is 2. The van der Waals surface area contributed by atoms with E-state index in [0.29, 0.717) is 11.1 Å². The van der Waals surface area contributed by atoms with Gasteiger partial charge in [-0.25, -0.2) is 4.79 Å². The van der Waals surface area contributed by atoms with Crippen LogP contribution >= 0.6 is 0 Å².